The van der Waals surface area contributed by atoms with Crippen molar-refractivity contribution >= 4 is 11.7 Å². The van der Waals surface area contributed by atoms with Crippen LogP contribution in [0.1, 0.15) is 53.3 Å². The lowest BCUT2D eigenvalue weighted by Crippen LogP contribution is -2.44. The number of hydrogen-bond acceptors (Lipinski definition) is 11. The molecular weight excluding hydrogens is 620 g/mol. The van der Waals surface area contributed by atoms with E-state index < -0.39 is 6.10 Å². The van der Waals surface area contributed by atoms with Gasteiger partial charge in [0.1, 0.15) is 34.9 Å². The molecule has 2 aliphatic rings. The van der Waals surface area contributed by atoms with Gasteiger partial charge in [-0.3, -0.25) is 9.63 Å². The Kier molecular flexibility index (Phi) is 11.5. The van der Waals surface area contributed by atoms with Crippen LogP contribution in [0.5, 0.6) is 40.2 Å². The summed E-state index contributed by atoms with van der Waals surface area (Å²) in [6.07, 6.45) is 1.59. The zero-order valence-corrected chi connectivity index (χ0v) is 28.3. The number of carbonyl (C=O) groups is 1. The second-order valence-corrected chi connectivity index (χ2v) is 11.4. The Bertz CT molecular complexity index is 1570. The molecule has 0 saturated carbocycles. The molecule has 1 amide bonds. The zero-order chi connectivity index (χ0) is 34.2. The first-order valence-electron chi connectivity index (χ1n) is 15.8. The quantitative estimate of drug-likeness (QED) is 0.222. The highest BCUT2D eigenvalue weighted by Crippen LogP contribution is 2.50. The number of hydrogen-bond donors (Lipinski definition) is 2. The Morgan fingerprint density at radius 3 is 2.06 bits per heavy atom. The number of rotatable bonds is 14. The molecule has 0 spiro atoms. The molecule has 1 saturated heterocycles. The van der Waals surface area contributed by atoms with Crippen LogP contribution in [-0.2, 0) is 4.84 Å². The van der Waals surface area contributed by atoms with Crippen molar-refractivity contribution in [3.05, 3.63) is 70.8 Å². The minimum atomic E-state index is -1.02. The maximum atomic E-state index is 12.7. The third-order valence-corrected chi connectivity index (χ3v) is 8.57. The minimum Gasteiger partial charge on any atom is -0.497 e. The molecule has 12 nitrogen and oxygen atoms in total. The Labute approximate surface area is 281 Å². The summed E-state index contributed by atoms with van der Waals surface area (Å²) < 4.78 is 39.5. The topological polar surface area (TPSA) is 126 Å². The first kappa shape index (κ1) is 34.7. The number of aliphatic hydroxyl groups excluding tert-OH is 1. The number of fused-ring (bicyclic) bond motifs is 1. The molecule has 258 valence electrons. The number of ether oxygens (including phenoxy) is 7. The van der Waals surface area contributed by atoms with Gasteiger partial charge in [0.2, 0.25) is 5.75 Å². The lowest BCUT2D eigenvalue weighted by molar-refractivity contribution is -0.171. The summed E-state index contributed by atoms with van der Waals surface area (Å²) in [7, 11) is 9.34. The van der Waals surface area contributed by atoms with Crippen molar-refractivity contribution in [3.63, 3.8) is 0 Å². The number of nitrogens with one attached hydrogen (secondary N) is 1. The smallest absolute Gasteiger partial charge is 0.251 e. The van der Waals surface area contributed by atoms with Gasteiger partial charge < -0.3 is 43.6 Å². The minimum absolute atomic E-state index is 0.0638. The molecule has 2 aliphatic heterocycles. The van der Waals surface area contributed by atoms with Gasteiger partial charge in [-0.25, -0.2) is 0 Å². The van der Waals surface area contributed by atoms with Gasteiger partial charge in [-0.15, -0.1) is 0 Å². The third kappa shape index (κ3) is 7.56. The normalized spacial score (nSPS) is 16.4. The molecule has 1 atom stereocenters. The number of aliphatic hydroxyl groups is 1. The van der Waals surface area contributed by atoms with Crippen molar-refractivity contribution in [2.75, 3.05) is 62.4 Å². The average Bonchev–Trinajstić information content (AvgIpc) is 3.13. The van der Waals surface area contributed by atoms with E-state index in [0.29, 0.717) is 101 Å². The molecule has 1 unspecified atom stereocenters. The molecule has 2 heterocycles. The van der Waals surface area contributed by atoms with Crippen LogP contribution < -0.4 is 38.5 Å². The molecule has 0 radical (unpaired) electrons. The van der Waals surface area contributed by atoms with Crippen molar-refractivity contribution < 1.29 is 47.9 Å². The predicted octanol–water partition coefficient (Wildman–Crippen LogP) is 5.18. The van der Waals surface area contributed by atoms with Crippen LogP contribution in [0, 0.1) is 0 Å². The zero-order valence-electron chi connectivity index (χ0n) is 28.3. The molecular formula is C36H44N2O10. The Morgan fingerprint density at radius 2 is 1.48 bits per heavy atom. The summed E-state index contributed by atoms with van der Waals surface area (Å²) in [5.41, 5.74) is 2.42. The first-order chi connectivity index (χ1) is 23.3. The van der Waals surface area contributed by atoms with Crippen molar-refractivity contribution in [3.8, 4) is 40.2 Å². The SMILES string of the molecule is COc1ccc(C(=O)NC2CCN(OCCCC3=C(c4cc(OC)c(OC)c(OC)c4)Oc4cc(OC)cc(OC)c4C3O)CC2)cc1. The first-order valence-corrected chi connectivity index (χ1v) is 15.8. The van der Waals surface area contributed by atoms with E-state index in [1.165, 1.54) is 0 Å². The van der Waals surface area contributed by atoms with Crippen LogP contribution in [0.15, 0.2) is 54.1 Å². The highest BCUT2D eigenvalue weighted by molar-refractivity contribution is 5.94. The van der Waals surface area contributed by atoms with E-state index in [-0.39, 0.29) is 11.9 Å². The molecule has 48 heavy (non-hydrogen) atoms. The molecule has 0 bridgehead atoms. The number of hydroxylamine groups is 2. The third-order valence-electron chi connectivity index (χ3n) is 8.57. The van der Waals surface area contributed by atoms with Crippen molar-refractivity contribution in [2.45, 2.75) is 37.8 Å². The Hall–Kier alpha value is -4.65. The van der Waals surface area contributed by atoms with Gasteiger partial charge in [-0.2, -0.15) is 5.06 Å². The van der Waals surface area contributed by atoms with Crippen LogP contribution in [0.2, 0.25) is 0 Å². The van der Waals surface area contributed by atoms with E-state index in [1.54, 1.807) is 91.2 Å². The molecule has 5 rings (SSSR count). The van der Waals surface area contributed by atoms with Crippen molar-refractivity contribution in [2.24, 2.45) is 0 Å². The Morgan fingerprint density at radius 1 is 0.833 bits per heavy atom. The van der Waals surface area contributed by atoms with Gasteiger partial charge >= 0.3 is 0 Å². The monoisotopic (exact) mass is 664 g/mol. The highest BCUT2D eigenvalue weighted by Gasteiger charge is 2.33. The fourth-order valence-corrected chi connectivity index (χ4v) is 5.99. The lowest BCUT2D eigenvalue weighted by atomic mass is 9.90. The van der Waals surface area contributed by atoms with Crippen LogP contribution in [0.4, 0.5) is 0 Å². The van der Waals surface area contributed by atoms with Gasteiger partial charge in [-0.1, -0.05) is 0 Å². The Balaban J connectivity index is 1.27. The van der Waals surface area contributed by atoms with Gasteiger partial charge in [0.25, 0.3) is 5.91 Å². The highest BCUT2D eigenvalue weighted by atomic mass is 16.7. The van der Waals surface area contributed by atoms with E-state index in [9.17, 15) is 9.90 Å². The van der Waals surface area contributed by atoms with Gasteiger partial charge in [-0.05, 0) is 62.1 Å². The molecule has 12 heteroatoms. The average molecular weight is 665 g/mol. The summed E-state index contributed by atoms with van der Waals surface area (Å²) >= 11 is 0. The fraction of sp³-hybridized carbons (Fsp3) is 0.417. The van der Waals surface area contributed by atoms with Gasteiger partial charge in [0.05, 0.1) is 54.8 Å². The lowest BCUT2D eigenvalue weighted by Gasteiger charge is -2.32. The number of benzene rings is 3. The number of piperidine rings is 1. The van der Waals surface area contributed by atoms with E-state index in [2.05, 4.69) is 5.32 Å². The molecule has 0 aromatic heterocycles. The van der Waals surface area contributed by atoms with E-state index in [1.807, 2.05) is 5.06 Å². The van der Waals surface area contributed by atoms with Crippen LogP contribution in [0.25, 0.3) is 5.76 Å². The van der Waals surface area contributed by atoms with Gasteiger partial charge in [0.15, 0.2) is 11.5 Å². The fourth-order valence-electron chi connectivity index (χ4n) is 5.99. The summed E-state index contributed by atoms with van der Waals surface area (Å²) in [5, 5.41) is 16.9. The molecule has 3 aromatic rings. The second kappa shape index (κ2) is 16.0. The second-order valence-electron chi connectivity index (χ2n) is 11.4. The maximum absolute atomic E-state index is 12.7. The van der Waals surface area contributed by atoms with E-state index in [4.69, 9.17) is 38.0 Å². The molecule has 2 N–H and O–H groups in total. The summed E-state index contributed by atoms with van der Waals surface area (Å²) in [6, 6.07) is 14.2. The maximum Gasteiger partial charge on any atom is 0.251 e. The summed E-state index contributed by atoms with van der Waals surface area (Å²) in [5.74, 6) is 3.85. The van der Waals surface area contributed by atoms with Gasteiger partial charge in [0, 0.05) is 48.0 Å². The standard InChI is InChI=1S/C36H44N2O10/c1-41-25-11-9-22(10-12-25)36(40)37-24-13-15-38(16-14-24)47-17-7-8-27-33(39)32-28(43-3)20-26(42-2)21-29(32)48-34(27)23-18-30(44-4)35(46-6)31(19-23)45-5/h9-12,18-21,24,33,39H,7-8,13-17H2,1-6H3,(H,37,40). The number of methoxy groups -OCH3 is 6. The number of carbonyl (C=O) groups excluding carboxylic acids is 1. The number of amides is 1. The van der Waals surface area contributed by atoms with Crippen LogP contribution in [-0.4, -0.2) is 84.5 Å². The van der Waals surface area contributed by atoms with E-state index >= 15 is 0 Å². The predicted molar refractivity (Wildman–Crippen MR) is 178 cm³/mol. The largest absolute Gasteiger partial charge is 0.497 e. The van der Waals surface area contributed by atoms with Crippen molar-refractivity contribution in [1.29, 1.82) is 0 Å². The molecule has 3 aromatic carbocycles. The summed E-state index contributed by atoms with van der Waals surface area (Å²) in [4.78, 5) is 18.8. The molecule has 0 aliphatic carbocycles. The van der Waals surface area contributed by atoms with E-state index in [0.717, 1.165) is 12.8 Å². The van der Waals surface area contributed by atoms with Crippen LogP contribution in [0.3, 0.4) is 0 Å². The number of nitrogens with zero attached hydrogens (tertiary/aromatic N) is 1. The van der Waals surface area contributed by atoms with Crippen molar-refractivity contribution in [1.82, 2.24) is 10.4 Å². The van der Waals surface area contributed by atoms with Crippen LogP contribution >= 0.6 is 0 Å². The molecule has 1 fully saturated rings. The summed E-state index contributed by atoms with van der Waals surface area (Å²) in [6.45, 7) is 1.80.